The Hall–Kier alpha value is -2.24. The van der Waals surface area contributed by atoms with E-state index >= 15 is 0 Å². The van der Waals surface area contributed by atoms with Crippen LogP contribution in [0.4, 0.5) is 0 Å². The predicted molar refractivity (Wildman–Crippen MR) is 73.1 cm³/mol. The zero-order chi connectivity index (χ0) is 15.4. The van der Waals surface area contributed by atoms with Crippen molar-refractivity contribution >= 4 is 11.9 Å². The fraction of sp³-hybridized carbons (Fsp3) is 0.429. The first-order chi connectivity index (χ1) is 9.27. The van der Waals surface area contributed by atoms with Crippen molar-refractivity contribution in [2.75, 3.05) is 7.11 Å². The summed E-state index contributed by atoms with van der Waals surface area (Å²) in [6, 6.07) is 2.05. The maximum Gasteiger partial charge on any atom is 0.326 e. The Morgan fingerprint density at radius 3 is 2.35 bits per heavy atom. The molecular formula is C14H19NO5. The molecule has 0 unspecified atom stereocenters. The smallest absolute Gasteiger partial charge is 0.326 e. The van der Waals surface area contributed by atoms with Gasteiger partial charge in [0.25, 0.3) is 5.91 Å². The van der Waals surface area contributed by atoms with Gasteiger partial charge in [-0.25, -0.2) is 4.79 Å². The fourth-order valence-electron chi connectivity index (χ4n) is 1.81. The van der Waals surface area contributed by atoms with E-state index in [2.05, 4.69) is 5.32 Å². The number of carboxylic acid groups (broad SMARTS) is 1. The third-order valence-electron chi connectivity index (χ3n) is 2.90. The number of hydrogen-bond donors (Lipinski definition) is 3. The van der Waals surface area contributed by atoms with Crippen LogP contribution in [0.5, 0.6) is 11.5 Å². The first kappa shape index (κ1) is 15.8. The third kappa shape index (κ3) is 3.40. The fourth-order valence-corrected chi connectivity index (χ4v) is 1.81. The van der Waals surface area contributed by atoms with E-state index in [1.807, 2.05) is 0 Å². The van der Waals surface area contributed by atoms with E-state index in [0.717, 1.165) is 5.56 Å². The van der Waals surface area contributed by atoms with Gasteiger partial charge in [-0.1, -0.05) is 13.8 Å². The zero-order valence-corrected chi connectivity index (χ0v) is 11.9. The lowest BCUT2D eigenvalue weighted by Gasteiger charge is -2.18. The number of ether oxygens (including phenoxy) is 1. The van der Waals surface area contributed by atoms with E-state index in [0.29, 0.717) is 0 Å². The Kier molecular flexibility index (Phi) is 4.96. The van der Waals surface area contributed by atoms with Crippen molar-refractivity contribution < 1.29 is 24.5 Å². The summed E-state index contributed by atoms with van der Waals surface area (Å²) < 4.78 is 4.97. The number of carbonyl (C=O) groups is 2. The number of carbonyl (C=O) groups excluding carboxylic acids is 1. The van der Waals surface area contributed by atoms with Crippen LogP contribution in [0.2, 0.25) is 0 Å². The quantitative estimate of drug-likeness (QED) is 0.761. The second-order valence-corrected chi connectivity index (χ2v) is 4.90. The molecule has 0 aliphatic rings. The van der Waals surface area contributed by atoms with Gasteiger partial charge in [-0.3, -0.25) is 4.79 Å². The number of phenols is 1. The molecule has 1 aromatic carbocycles. The van der Waals surface area contributed by atoms with Crippen LogP contribution in [0.3, 0.4) is 0 Å². The summed E-state index contributed by atoms with van der Waals surface area (Å²) >= 11 is 0. The minimum atomic E-state index is -1.12. The second kappa shape index (κ2) is 6.27. The molecule has 0 aromatic heterocycles. The minimum Gasteiger partial charge on any atom is -0.504 e. The molecule has 0 saturated heterocycles. The summed E-state index contributed by atoms with van der Waals surface area (Å²) in [6.07, 6.45) is 0. The molecule has 1 amide bonds. The van der Waals surface area contributed by atoms with Gasteiger partial charge in [0.1, 0.15) is 6.04 Å². The number of rotatable bonds is 5. The molecule has 0 saturated carbocycles. The van der Waals surface area contributed by atoms with Crippen LogP contribution in [-0.4, -0.2) is 35.2 Å². The van der Waals surface area contributed by atoms with Gasteiger partial charge in [-0.05, 0) is 30.5 Å². The van der Waals surface area contributed by atoms with Crippen LogP contribution in [0, 0.1) is 12.8 Å². The maximum atomic E-state index is 12.1. The normalized spacial score (nSPS) is 12.1. The molecule has 0 aliphatic carbocycles. The number of phenolic OH excluding ortho intramolecular Hbond substituents is 1. The van der Waals surface area contributed by atoms with Gasteiger partial charge in [0, 0.05) is 0 Å². The molecule has 0 bridgehead atoms. The maximum absolute atomic E-state index is 12.1. The van der Waals surface area contributed by atoms with Crippen LogP contribution in [0.1, 0.15) is 29.8 Å². The lowest BCUT2D eigenvalue weighted by molar-refractivity contribution is -0.140. The summed E-state index contributed by atoms with van der Waals surface area (Å²) in [4.78, 5) is 23.2. The van der Waals surface area contributed by atoms with Crippen LogP contribution < -0.4 is 10.1 Å². The van der Waals surface area contributed by atoms with Crippen molar-refractivity contribution in [1.82, 2.24) is 5.32 Å². The molecule has 20 heavy (non-hydrogen) atoms. The van der Waals surface area contributed by atoms with Crippen molar-refractivity contribution in [3.05, 3.63) is 23.3 Å². The third-order valence-corrected chi connectivity index (χ3v) is 2.90. The first-order valence-corrected chi connectivity index (χ1v) is 6.19. The minimum absolute atomic E-state index is 0.00579. The van der Waals surface area contributed by atoms with Gasteiger partial charge in [0.2, 0.25) is 0 Å². The van der Waals surface area contributed by atoms with Crippen molar-refractivity contribution in [3.63, 3.8) is 0 Å². The molecule has 0 fully saturated rings. The number of aliphatic carboxylic acids is 1. The number of benzene rings is 1. The average Bonchev–Trinajstić information content (AvgIpc) is 2.36. The summed E-state index contributed by atoms with van der Waals surface area (Å²) in [6.45, 7) is 5.13. The standard InChI is InChI=1S/C14H19NO5/c1-7(2)11(14(18)19)15-13(17)9-5-8(3)6-10(20-4)12(9)16/h5-7,11,16H,1-4H3,(H,15,17)(H,18,19)/t11-/m1/s1. The van der Waals surface area contributed by atoms with Crippen LogP contribution in [0.25, 0.3) is 0 Å². The Balaban J connectivity index is 3.09. The lowest BCUT2D eigenvalue weighted by Crippen LogP contribution is -2.44. The summed E-state index contributed by atoms with van der Waals surface area (Å²) in [7, 11) is 1.38. The first-order valence-electron chi connectivity index (χ1n) is 6.19. The van der Waals surface area contributed by atoms with Crippen molar-refractivity contribution in [3.8, 4) is 11.5 Å². The molecule has 1 aromatic rings. The molecule has 0 spiro atoms. The summed E-state index contributed by atoms with van der Waals surface area (Å²) in [5.41, 5.74) is 0.718. The number of hydrogen-bond acceptors (Lipinski definition) is 4. The number of aromatic hydroxyl groups is 1. The van der Waals surface area contributed by atoms with Gasteiger partial charge >= 0.3 is 5.97 Å². The highest BCUT2D eigenvalue weighted by atomic mass is 16.5. The number of nitrogens with one attached hydrogen (secondary N) is 1. The van der Waals surface area contributed by atoms with E-state index in [9.17, 15) is 14.7 Å². The zero-order valence-electron chi connectivity index (χ0n) is 11.9. The topological polar surface area (TPSA) is 95.9 Å². The molecule has 6 nitrogen and oxygen atoms in total. The molecule has 110 valence electrons. The Morgan fingerprint density at radius 2 is 1.90 bits per heavy atom. The molecule has 1 rings (SSSR count). The van der Waals surface area contributed by atoms with Gasteiger partial charge in [-0.2, -0.15) is 0 Å². The van der Waals surface area contributed by atoms with Gasteiger partial charge in [0.05, 0.1) is 12.7 Å². The number of methoxy groups -OCH3 is 1. The summed E-state index contributed by atoms with van der Waals surface area (Å²) in [5.74, 6) is -2.17. The highest BCUT2D eigenvalue weighted by Crippen LogP contribution is 2.31. The lowest BCUT2D eigenvalue weighted by atomic mass is 10.0. The van der Waals surface area contributed by atoms with E-state index in [1.165, 1.54) is 13.2 Å². The van der Waals surface area contributed by atoms with Crippen molar-refractivity contribution in [1.29, 1.82) is 0 Å². The van der Waals surface area contributed by atoms with Crippen molar-refractivity contribution in [2.24, 2.45) is 5.92 Å². The number of amides is 1. The van der Waals surface area contributed by atoms with Crippen LogP contribution in [0.15, 0.2) is 12.1 Å². The van der Waals surface area contributed by atoms with E-state index in [-0.39, 0.29) is 23.0 Å². The van der Waals surface area contributed by atoms with E-state index in [1.54, 1.807) is 26.8 Å². The molecule has 6 heteroatoms. The predicted octanol–water partition coefficient (Wildman–Crippen LogP) is 1.55. The Labute approximate surface area is 117 Å². The second-order valence-electron chi connectivity index (χ2n) is 4.90. The van der Waals surface area contributed by atoms with Gasteiger partial charge in [-0.15, -0.1) is 0 Å². The molecule has 3 N–H and O–H groups in total. The van der Waals surface area contributed by atoms with Gasteiger partial charge in [0.15, 0.2) is 11.5 Å². The molecular weight excluding hydrogens is 262 g/mol. The Morgan fingerprint density at radius 1 is 1.30 bits per heavy atom. The number of carboxylic acids is 1. The molecule has 1 atom stereocenters. The van der Waals surface area contributed by atoms with Crippen LogP contribution >= 0.6 is 0 Å². The van der Waals surface area contributed by atoms with Crippen LogP contribution in [-0.2, 0) is 4.79 Å². The summed E-state index contributed by atoms with van der Waals surface area (Å²) in [5, 5.41) is 21.4. The largest absolute Gasteiger partial charge is 0.504 e. The molecule has 0 heterocycles. The van der Waals surface area contributed by atoms with E-state index in [4.69, 9.17) is 9.84 Å². The SMILES string of the molecule is COc1cc(C)cc(C(=O)N[C@@H](C(=O)O)C(C)C)c1O. The highest BCUT2D eigenvalue weighted by Gasteiger charge is 2.26. The highest BCUT2D eigenvalue weighted by molar-refractivity contribution is 5.99. The molecule has 0 radical (unpaired) electrons. The molecule has 0 aliphatic heterocycles. The van der Waals surface area contributed by atoms with Crippen molar-refractivity contribution in [2.45, 2.75) is 26.8 Å². The monoisotopic (exact) mass is 281 g/mol. The average molecular weight is 281 g/mol. The number of aryl methyl sites for hydroxylation is 1. The van der Waals surface area contributed by atoms with E-state index < -0.39 is 17.9 Å². The Bertz CT molecular complexity index is 525. The van der Waals surface area contributed by atoms with Gasteiger partial charge < -0.3 is 20.3 Å².